The first kappa shape index (κ1) is 15.9. The fourth-order valence-corrected chi connectivity index (χ4v) is 1.72. The topological polar surface area (TPSA) is 56.8 Å². The van der Waals surface area contributed by atoms with E-state index in [-0.39, 0.29) is 25.0 Å². The van der Waals surface area contributed by atoms with Crippen LogP contribution in [0.5, 0.6) is 11.5 Å². The van der Waals surface area contributed by atoms with Crippen LogP contribution in [-0.2, 0) is 9.53 Å². The van der Waals surface area contributed by atoms with Crippen molar-refractivity contribution in [2.45, 2.75) is 19.4 Å². The average molecular weight is 279 g/mol. The number of hydrogen-bond donors (Lipinski definition) is 1. The van der Waals surface area contributed by atoms with E-state index in [1.54, 1.807) is 20.3 Å². The molecule has 1 N–H and O–H groups in total. The highest BCUT2D eigenvalue weighted by Gasteiger charge is 2.11. The lowest BCUT2D eigenvalue weighted by Crippen LogP contribution is -2.21. The molecule has 1 aromatic carbocycles. The smallest absolute Gasteiger partial charge is 0.308 e. The van der Waals surface area contributed by atoms with Gasteiger partial charge in [0.25, 0.3) is 0 Å². The molecule has 0 aliphatic carbocycles. The summed E-state index contributed by atoms with van der Waals surface area (Å²) in [4.78, 5) is 11.5. The van der Waals surface area contributed by atoms with Crippen LogP contribution in [0.25, 0.3) is 0 Å². The largest absolute Gasteiger partial charge is 0.493 e. The Morgan fingerprint density at radius 1 is 1.35 bits per heavy atom. The summed E-state index contributed by atoms with van der Waals surface area (Å²) in [5.41, 5.74) is 0.853. The SMILES string of the molecule is C=CCOC(=O)CC(C)Nc1ccc(OC)c(OC)c1. The van der Waals surface area contributed by atoms with E-state index in [4.69, 9.17) is 14.2 Å². The summed E-state index contributed by atoms with van der Waals surface area (Å²) in [6.45, 7) is 5.64. The lowest BCUT2D eigenvalue weighted by atomic mass is 10.2. The van der Waals surface area contributed by atoms with Crippen LogP contribution >= 0.6 is 0 Å². The van der Waals surface area contributed by atoms with Crippen molar-refractivity contribution in [3.63, 3.8) is 0 Å². The molecule has 0 aliphatic heterocycles. The van der Waals surface area contributed by atoms with Gasteiger partial charge in [0.05, 0.1) is 20.6 Å². The molecular formula is C15H21NO4. The molecule has 1 rings (SSSR count). The third-order valence-electron chi connectivity index (χ3n) is 2.63. The van der Waals surface area contributed by atoms with E-state index in [9.17, 15) is 4.79 Å². The lowest BCUT2D eigenvalue weighted by molar-refractivity contribution is -0.142. The Bertz CT molecular complexity index is 459. The number of methoxy groups -OCH3 is 2. The van der Waals surface area contributed by atoms with E-state index >= 15 is 0 Å². The number of carbonyl (C=O) groups is 1. The third-order valence-corrected chi connectivity index (χ3v) is 2.63. The third kappa shape index (κ3) is 4.84. The molecule has 5 heteroatoms. The number of anilines is 1. The van der Waals surface area contributed by atoms with Crippen LogP contribution in [0, 0.1) is 0 Å². The molecule has 110 valence electrons. The molecule has 1 unspecified atom stereocenters. The number of ether oxygens (including phenoxy) is 3. The van der Waals surface area contributed by atoms with Crippen molar-refractivity contribution in [1.29, 1.82) is 0 Å². The van der Waals surface area contributed by atoms with Crippen LogP contribution in [0.1, 0.15) is 13.3 Å². The number of esters is 1. The number of nitrogens with one attached hydrogen (secondary N) is 1. The molecule has 0 heterocycles. The molecule has 0 saturated heterocycles. The average Bonchev–Trinajstić information content (AvgIpc) is 2.44. The highest BCUT2D eigenvalue weighted by Crippen LogP contribution is 2.30. The van der Waals surface area contributed by atoms with Gasteiger partial charge in [-0.05, 0) is 19.1 Å². The molecule has 20 heavy (non-hydrogen) atoms. The molecule has 0 radical (unpaired) electrons. The molecule has 1 aromatic rings. The minimum absolute atomic E-state index is 0.0505. The first-order valence-corrected chi connectivity index (χ1v) is 6.35. The summed E-state index contributed by atoms with van der Waals surface area (Å²) in [6, 6.07) is 5.45. The van der Waals surface area contributed by atoms with E-state index in [1.807, 2.05) is 25.1 Å². The van der Waals surface area contributed by atoms with E-state index in [0.29, 0.717) is 11.5 Å². The minimum atomic E-state index is -0.259. The Morgan fingerprint density at radius 3 is 2.65 bits per heavy atom. The van der Waals surface area contributed by atoms with Crippen LogP contribution in [0.15, 0.2) is 30.9 Å². The van der Waals surface area contributed by atoms with Gasteiger partial charge in [-0.25, -0.2) is 0 Å². The summed E-state index contributed by atoms with van der Waals surface area (Å²) in [5.74, 6) is 1.04. The maximum absolute atomic E-state index is 11.5. The van der Waals surface area contributed by atoms with E-state index < -0.39 is 0 Å². The first-order chi connectivity index (χ1) is 9.60. The summed E-state index contributed by atoms with van der Waals surface area (Å²) in [7, 11) is 3.17. The molecule has 0 spiro atoms. The van der Waals surface area contributed by atoms with Crippen LogP contribution in [-0.4, -0.2) is 32.8 Å². The Morgan fingerprint density at radius 2 is 2.05 bits per heavy atom. The van der Waals surface area contributed by atoms with Gasteiger partial charge >= 0.3 is 5.97 Å². The Hall–Kier alpha value is -2.17. The molecular weight excluding hydrogens is 258 g/mol. The number of benzene rings is 1. The number of rotatable bonds is 8. The zero-order valence-corrected chi connectivity index (χ0v) is 12.1. The van der Waals surface area contributed by atoms with Gasteiger partial charge in [0.1, 0.15) is 6.61 Å². The van der Waals surface area contributed by atoms with Crippen LogP contribution in [0.4, 0.5) is 5.69 Å². The van der Waals surface area contributed by atoms with Gasteiger partial charge in [-0.15, -0.1) is 0 Å². The molecule has 0 fully saturated rings. The van der Waals surface area contributed by atoms with Gasteiger partial charge in [0.15, 0.2) is 11.5 Å². The van der Waals surface area contributed by atoms with Crippen molar-refractivity contribution in [3.8, 4) is 11.5 Å². The molecule has 0 aliphatic rings. The minimum Gasteiger partial charge on any atom is -0.493 e. The van der Waals surface area contributed by atoms with Crippen molar-refractivity contribution in [3.05, 3.63) is 30.9 Å². The predicted molar refractivity (Wildman–Crippen MR) is 78.4 cm³/mol. The Balaban J connectivity index is 2.59. The molecule has 5 nitrogen and oxygen atoms in total. The predicted octanol–water partition coefficient (Wildman–Crippen LogP) is 2.62. The zero-order chi connectivity index (χ0) is 15.0. The van der Waals surface area contributed by atoms with Gasteiger partial charge < -0.3 is 19.5 Å². The van der Waals surface area contributed by atoms with E-state index in [2.05, 4.69) is 11.9 Å². The van der Waals surface area contributed by atoms with Gasteiger partial charge in [-0.3, -0.25) is 4.79 Å². The second-order valence-corrected chi connectivity index (χ2v) is 4.29. The Kier molecular flexibility index (Phi) is 6.43. The van der Waals surface area contributed by atoms with Crippen LogP contribution < -0.4 is 14.8 Å². The van der Waals surface area contributed by atoms with Crippen molar-refractivity contribution < 1.29 is 19.0 Å². The summed E-state index contributed by atoms with van der Waals surface area (Å²) < 4.78 is 15.3. The molecule has 0 saturated carbocycles. The highest BCUT2D eigenvalue weighted by molar-refractivity contribution is 5.71. The lowest BCUT2D eigenvalue weighted by Gasteiger charge is -2.16. The fourth-order valence-electron chi connectivity index (χ4n) is 1.72. The second kappa shape index (κ2) is 8.09. The highest BCUT2D eigenvalue weighted by atomic mass is 16.5. The van der Waals surface area contributed by atoms with Crippen molar-refractivity contribution in [1.82, 2.24) is 0 Å². The quantitative estimate of drug-likeness (QED) is 0.585. The van der Waals surface area contributed by atoms with Crippen LogP contribution in [0.2, 0.25) is 0 Å². The number of hydrogen-bond acceptors (Lipinski definition) is 5. The first-order valence-electron chi connectivity index (χ1n) is 6.35. The van der Waals surface area contributed by atoms with Crippen molar-refractivity contribution >= 4 is 11.7 Å². The maximum Gasteiger partial charge on any atom is 0.308 e. The van der Waals surface area contributed by atoms with Gasteiger partial charge in [-0.2, -0.15) is 0 Å². The summed E-state index contributed by atoms with van der Waals surface area (Å²) >= 11 is 0. The molecule has 1 atom stereocenters. The van der Waals surface area contributed by atoms with Gasteiger partial charge in [-0.1, -0.05) is 12.7 Å². The standard InChI is InChI=1S/C15H21NO4/c1-5-8-20-15(17)9-11(2)16-12-6-7-13(18-3)14(10-12)19-4/h5-7,10-11,16H,1,8-9H2,2-4H3. The van der Waals surface area contributed by atoms with E-state index in [1.165, 1.54) is 0 Å². The molecule has 0 amide bonds. The van der Waals surface area contributed by atoms with E-state index in [0.717, 1.165) is 5.69 Å². The summed E-state index contributed by atoms with van der Waals surface area (Å²) in [6.07, 6.45) is 1.83. The second-order valence-electron chi connectivity index (χ2n) is 4.29. The van der Waals surface area contributed by atoms with Crippen LogP contribution in [0.3, 0.4) is 0 Å². The monoisotopic (exact) mass is 279 g/mol. The fraction of sp³-hybridized carbons (Fsp3) is 0.400. The van der Waals surface area contributed by atoms with Gasteiger partial charge in [0.2, 0.25) is 0 Å². The van der Waals surface area contributed by atoms with Crippen molar-refractivity contribution in [2.24, 2.45) is 0 Å². The number of carbonyl (C=O) groups excluding carboxylic acids is 1. The van der Waals surface area contributed by atoms with Gasteiger partial charge in [0, 0.05) is 17.8 Å². The zero-order valence-electron chi connectivity index (χ0n) is 12.1. The van der Waals surface area contributed by atoms with Crippen molar-refractivity contribution in [2.75, 3.05) is 26.1 Å². The normalized spacial score (nSPS) is 11.3. The summed E-state index contributed by atoms with van der Waals surface area (Å²) in [5, 5.41) is 3.21. The molecule has 0 bridgehead atoms. The maximum atomic E-state index is 11.5. The molecule has 0 aromatic heterocycles. The Labute approximate surface area is 119 Å².